The predicted octanol–water partition coefficient (Wildman–Crippen LogP) is 3.86. The van der Waals surface area contributed by atoms with E-state index in [2.05, 4.69) is 35.3 Å². The molecule has 0 aliphatic carbocycles. The van der Waals surface area contributed by atoms with Crippen molar-refractivity contribution in [1.29, 1.82) is 0 Å². The van der Waals surface area contributed by atoms with Crippen LogP contribution in [0.4, 0.5) is 10.5 Å². The van der Waals surface area contributed by atoms with Gasteiger partial charge in [-0.1, -0.05) is 24.3 Å². The maximum Gasteiger partial charge on any atom is 0.414 e. The van der Waals surface area contributed by atoms with Gasteiger partial charge in [-0.3, -0.25) is 9.89 Å². The van der Waals surface area contributed by atoms with Crippen LogP contribution in [0.2, 0.25) is 0 Å². The van der Waals surface area contributed by atoms with Gasteiger partial charge in [0.15, 0.2) is 0 Å². The number of fused-ring (bicyclic) bond motifs is 2. The molecule has 1 N–H and O–H groups in total. The highest BCUT2D eigenvalue weighted by Gasteiger charge is 2.32. The lowest BCUT2D eigenvalue weighted by Gasteiger charge is -2.19. The Hall–Kier alpha value is -3.08. The van der Waals surface area contributed by atoms with Crippen LogP contribution >= 0.6 is 0 Å². The zero-order valence-electron chi connectivity index (χ0n) is 13.8. The van der Waals surface area contributed by atoms with Crippen molar-refractivity contribution in [3.05, 3.63) is 65.4 Å². The molecule has 0 unspecified atom stereocenters. The fraction of sp³-hybridized carbons (Fsp3) is 0.200. The Morgan fingerprint density at radius 3 is 2.88 bits per heavy atom. The summed E-state index contributed by atoms with van der Waals surface area (Å²) < 4.78 is 5.15. The minimum atomic E-state index is -0.283. The molecule has 1 saturated heterocycles. The number of nitrogens with one attached hydrogen (secondary N) is 1. The van der Waals surface area contributed by atoms with Crippen LogP contribution in [0.25, 0.3) is 10.9 Å². The molecule has 0 spiro atoms. The summed E-state index contributed by atoms with van der Waals surface area (Å²) in [6.07, 6.45) is -0.283. The molecule has 3 heterocycles. The maximum absolute atomic E-state index is 12.0. The Morgan fingerprint density at radius 2 is 2.08 bits per heavy atom. The number of aliphatic imine (C=N–C) groups is 1. The zero-order chi connectivity index (χ0) is 17.0. The second-order valence-electron chi connectivity index (χ2n) is 6.57. The van der Waals surface area contributed by atoms with Gasteiger partial charge in [-0.05, 0) is 36.8 Å². The molecular formula is C20H17N3O2. The Kier molecular flexibility index (Phi) is 2.98. The van der Waals surface area contributed by atoms with Crippen LogP contribution in [-0.2, 0) is 11.3 Å². The summed E-state index contributed by atoms with van der Waals surface area (Å²) in [5.41, 5.74) is 6.18. The third kappa shape index (κ3) is 2.16. The van der Waals surface area contributed by atoms with Crippen molar-refractivity contribution in [3.63, 3.8) is 0 Å². The monoisotopic (exact) mass is 331 g/mol. The molecule has 1 atom stereocenters. The Labute approximate surface area is 144 Å². The normalized spacial score (nSPS) is 19.2. The molecule has 124 valence electrons. The van der Waals surface area contributed by atoms with Crippen LogP contribution in [0, 0.1) is 0 Å². The van der Waals surface area contributed by atoms with Crippen LogP contribution in [-0.4, -0.2) is 29.4 Å². The first-order valence-electron chi connectivity index (χ1n) is 8.42. The summed E-state index contributed by atoms with van der Waals surface area (Å²) >= 11 is 0. The van der Waals surface area contributed by atoms with Gasteiger partial charge in [0.2, 0.25) is 0 Å². The molecule has 1 aromatic heterocycles. The number of aromatic nitrogens is 1. The molecule has 0 bridgehead atoms. The number of ether oxygens (including phenoxy) is 1. The number of para-hydroxylation sites is 1. The van der Waals surface area contributed by atoms with Gasteiger partial charge in [0.1, 0.15) is 6.61 Å². The number of hydrogen-bond acceptors (Lipinski definition) is 3. The molecule has 5 rings (SSSR count). The van der Waals surface area contributed by atoms with Gasteiger partial charge in [0.25, 0.3) is 0 Å². The summed E-state index contributed by atoms with van der Waals surface area (Å²) in [4.78, 5) is 21.9. The highest BCUT2D eigenvalue weighted by atomic mass is 16.6. The molecule has 2 aliphatic rings. The van der Waals surface area contributed by atoms with Crippen LogP contribution in [0.15, 0.2) is 53.5 Å². The molecule has 5 nitrogen and oxygen atoms in total. The molecule has 25 heavy (non-hydrogen) atoms. The highest BCUT2D eigenvalue weighted by Crippen LogP contribution is 2.31. The van der Waals surface area contributed by atoms with Crippen molar-refractivity contribution >= 4 is 28.4 Å². The standard InChI is InChI=1S/C20H17N3O2/c1-12-11-25-20(24)23(12)15-7-6-14-10-21-19(16(14)9-15)18-8-13-4-2-3-5-17(13)22-18/h2-9,12,22H,10-11H2,1H3/t12-/m1/s1. The van der Waals surface area contributed by atoms with Gasteiger partial charge < -0.3 is 9.72 Å². The van der Waals surface area contributed by atoms with E-state index in [1.54, 1.807) is 4.90 Å². The number of benzene rings is 2. The second-order valence-corrected chi connectivity index (χ2v) is 6.57. The Balaban J connectivity index is 1.58. The number of carbonyl (C=O) groups excluding carboxylic acids is 1. The highest BCUT2D eigenvalue weighted by molar-refractivity contribution is 6.16. The van der Waals surface area contributed by atoms with Crippen LogP contribution < -0.4 is 4.90 Å². The van der Waals surface area contributed by atoms with E-state index in [0.29, 0.717) is 13.2 Å². The molecule has 1 amide bonds. The van der Waals surface area contributed by atoms with Crippen molar-refractivity contribution in [3.8, 4) is 0 Å². The van der Waals surface area contributed by atoms with Crippen molar-refractivity contribution in [2.45, 2.75) is 19.5 Å². The van der Waals surface area contributed by atoms with E-state index in [-0.39, 0.29) is 12.1 Å². The van der Waals surface area contributed by atoms with Crippen LogP contribution in [0.3, 0.4) is 0 Å². The molecular weight excluding hydrogens is 314 g/mol. The number of hydrogen-bond donors (Lipinski definition) is 1. The molecule has 2 aliphatic heterocycles. The van der Waals surface area contributed by atoms with Crippen molar-refractivity contribution in [2.75, 3.05) is 11.5 Å². The van der Waals surface area contributed by atoms with Gasteiger partial charge in [0.05, 0.1) is 24.0 Å². The number of anilines is 1. The molecule has 3 aromatic rings. The van der Waals surface area contributed by atoms with Gasteiger partial charge in [-0.25, -0.2) is 4.79 Å². The third-order valence-corrected chi connectivity index (χ3v) is 4.90. The van der Waals surface area contributed by atoms with E-state index in [9.17, 15) is 4.79 Å². The summed E-state index contributed by atoms with van der Waals surface area (Å²) in [5, 5.41) is 1.17. The maximum atomic E-state index is 12.0. The molecule has 5 heteroatoms. The number of amides is 1. The number of H-pyrrole nitrogens is 1. The zero-order valence-corrected chi connectivity index (χ0v) is 13.8. The van der Waals surface area contributed by atoms with Gasteiger partial charge in [-0.2, -0.15) is 0 Å². The van der Waals surface area contributed by atoms with Gasteiger partial charge >= 0.3 is 6.09 Å². The van der Waals surface area contributed by atoms with E-state index in [1.165, 1.54) is 10.9 Å². The fourth-order valence-corrected chi connectivity index (χ4v) is 3.63. The molecule has 0 saturated carbocycles. The number of nitrogens with zero attached hydrogens (tertiary/aromatic N) is 2. The average molecular weight is 331 g/mol. The van der Waals surface area contributed by atoms with E-state index < -0.39 is 0 Å². The summed E-state index contributed by atoms with van der Waals surface area (Å²) in [6.45, 7) is 3.09. The minimum Gasteiger partial charge on any atom is -0.447 e. The first-order chi connectivity index (χ1) is 12.2. The summed E-state index contributed by atoms with van der Waals surface area (Å²) in [7, 11) is 0. The lowest BCUT2D eigenvalue weighted by molar-refractivity contribution is 0.179. The fourth-order valence-electron chi connectivity index (χ4n) is 3.63. The quantitative estimate of drug-likeness (QED) is 0.775. The van der Waals surface area contributed by atoms with Crippen LogP contribution in [0.5, 0.6) is 0 Å². The second kappa shape index (κ2) is 5.21. The van der Waals surface area contributed by atoms with Gasteiger partial charge in [-0.15, -0.1) is 0 Å². The van der Waals surface area contributed by atoms with Crippen molar-refractivity contribution < 1.29 is 9.53 Å². The Bertz CT molecular complexity index is 1000. The number of rotatable bonds is 2. The van der Waals surface area contributed by atoms with Gasteiger partial charge in [0, 0.05) is 22.2 Å². The summed E-state index contributed by atoms with van der Waals surface area (Å²) in [5.74, 6) is 0. The van der Waals surface area contributed by atoms with E-state index in [1.807, 2.05) is 25.1 Å². The largest absolute Gasteiger partial charge is 0.447 e. The number of cyclic esters (lactones) is 1. The smallest absolute Gasteiger partial charge is 0.414 e. The van der Waals surface area contributed by atoms with E-state index in [0.717, 1.165) is 28.2 Å². The topological polar surface area (TPSA) is 57.7 Å². The number of aromatic amines is 1. The van der Waals surface area contributed by atoms with E-state index in [4.69, 9.17) is 9.73 Å². The molecule has 2 aromatic carbocycles. The first kappa shape index (κ1) is 14.3. The lowest BCUT2D eigenvalue weighted by atomic mass is 10.0. The minimum absolute atomic E-state index is 0.0421. The van der Waals surface area contributed by atoms with Crippen molar-refractivity contribution in [2.24, 2.45) is 4.99 Å². The molecule has 1 fully saturated rings. The third-order valence-electron chi connectivity index (χ3n) is 4.90. The SMILES string of the molecule is C[C@@H]1COC(=O)N1c1ccc2c(c1)C(c1cc3ccccc3[nH]1)=NC2. The number of carbonyl (C=O) groups is 1. The lowest BCUT2D eigenvalue weighted by Crippen LogP contribution is -2.31. The van der Waals surface area contributed by atoms with Crippen LogP contribution in [0.1, 0.15) is 23.7 Å². The summed E-state index contributed by atoms with van der Waals surface area (Å²) in [6, 6.07) is 16.5. The predicted molar refractivity (Wildman–Crippen MR) is 97.4 cm³/mol. The van der Waals surface area contributed by atoms with Crippen molar-refractivity contribution in [1.82, 2.24) is 4.98 Å². The Morgan fingerprint density at radius 1 is 1.20 bits per heavy atom. The molecule has 0 radical (unpaired) electrons. The first-order valence-corrected chi connectivity index (χ1v) is 8.42. The average Bonchev–Trinajstić information content (AvgIpc) is 3.30. The van der Waals surface area contributed by atoms with E-state index >= 15 is 0 Å².